The van der Waals surface area contributed by atoms with E-state index < -0.39 is 6.17 Å². The maximum absolute atomic E-state index is 13.2. The number of benzene rings is 2. The van der Waals surface area contributed by atoms with Crippen molar-refractivity contribution >= 4 is 23.2 Å². The van der Waals surface area contributed by atoms with Crippen LogP contribution in [0.5, 0.6) is 5.75 Å². The van der Waals surface area contributed by atoms with Crippen LogP contribution in [0.1, 0.15) is 28.5 Å². The SMILES string of the molecule is O=C1c2ccccc2N[C@@H](c2cc(Cl)ccc2O)N1CCCN1CCOCC1. The smallest absolute Gasteiger partial charge is 0.257 e. The van der Waals surface area contributed by atoms with Crippen LogP contribution in [0.15, 0.2) is 42.5 Å². The van der Waals surface area contributed by atoms with E-state index in [1.54, 1.807) is 23.1 Å². The summed E-state index contributed by atoms with van der Waals surface area (Å²) in [6.07, 6.45) is 0.374. The summed E-state index contributed by atoms with van der Waals surface area (Å²) in [5.74, 6) is 0.0768. The highest BCUT2D eigenvalue weighted by Crippen LogP contribution is 2.37. The van der Waals surface area contributed by atoms with E-state index >= 15 is 0 Å². The monoisotopic (exact) mass is 401 g/mol. The van der Waals surface area contributed by atoms with Crippen molar-refractivity contribution in [3.05, 3.63) is 58.6 Å². The molecular weight excluding hydrogens is 378 g/mol. The number of nitrogens with one attached hydrogen (secondary N) is 1. The van der Waals surface area contributed by atoms with E-state index in [0.717, 1.165) is 45.0 Å². The number of fused-ring (bicyclic) bond motifs is 1. The first-order chi connectivity index (χ1) is 13.6. The number of morpholine rings is 1. The van der Waals surface area contributed by atoms with Gasteiger partial charge in [0.15, 0.2) is 0 Å². The fourth-order valence-corrected chi connectivity index (χ4v) is 3.98. The summed E-state index contributed by atoms with van der Waals surface area (Å²) in [7, 11) is 0. The van der Waals surface area contributed by atoms with Gasteiger partial charge in [0.1, 0.15) is 11.9 Å². The summed E-state index contributed by atoms with van der Waals surface area (Å²) in [5.41, 5.74) is 2.01. The Morgan fingerprint density at radius 1 is 1.14 bits per heavy atom. The zero-order chi connectivity index (χ0) is 19.5. The van der Waals surface area contributed by atoms with Gasteiger partial charge in [0, 0.05) is 42.5 Å². The molecule has 0 radical (unpaired) electrons. The van der Waals surface area contributed by atoms with Crippen molar-refractivity contribution in [2.24, 2.45) is 0 Å². The lowest BCUT2D eigenvalue weighted by molar-refractivity contribution is 0.0348. The summed E-state index contributed by atoms with van der Waals surface area (Å²) in [4.78, 5) is 17.4. The Morgan fingerprint density at radius 3 is 2.75 bits per heavy atom. The van der Waals surface area contributed by atoms with Crippen molar-refractivity contribution in [3.8, 4) is 5.75 Å². The van der Waals surface area contributed by atoms with Gasteiger partial charge in [-0.15, -0.1) is 0 Å². The molecule has 0 saturated carbocycles. The van der Waals surface area contributed by atoms with Gasteiger partial charge in [0.2, 0.25) is 0 Å². The maximum Gasteiger partial charge on any atom is 0.257 e. The van der Waals surface area contributed by atoms with Gasteiger partial charge in [-0.05, 0) is 36.8 Å². The molecule has 4 rings (SSSR count). The number of para-hydroxylation sites is 1. The minimum Gasteiger partial charge on any atom is -0.508 e. The van der Waals surface area contributed by atoms with E-state index in [9.17, 15) is 9.90 Å². The van der Waals surface area contributed by atoms with Crippen molar-refractivity contribution in [1.29, 1.82) is 0 Å². The molecule has 28 heavy (non-hydrogen) atoms. The molecule has 0 aliphatic carbocycles. The van der Waals surface area contributed by atoms with Gasteiger partial charge in [0.05, 0.1) is 18.8 Å². The second-order valence-corrected chi connectivity index (χ2v) is 7.54. The number of carbonyl (C=O) groups is 1. The van der Waals surface area contributed by atoms with Gasteiger partial charge in [-0.1, -0.05) is 23.7 Å². The fourth-order valence-electron chi connectivity index (χ4n) is 3.80. The Balaban J connectivity index is 1.58. The van der Waals surface area contributed by atoms with Crippen LogP contribution in [-0.2, 0) is 4.74 Å². The molecule has 2 aliphatic rings. The number of aromatic hydroxyl groups is 1. The first-order valence-electron chi connectivity index (χ1n) is 9.58. The Hall–Kier alpha value is -2.28. The molecule has 1 fully saturated rings. The van der Waals surface area contributed by atoms with Gasteiger partial charge in [-0.25, -0.2) is 0 Å². The number of nitrogens with zero attached hydrogens (tertiary/aromatic N) is 2. The predicted molar refractivity (Wildman–Crippen MR) is 109 cm³/mol. The van der Waals surface area contributed by atoms with Crippen LogP contribution in [0.4, 0.5) is 5.69 Å². The van der Waals surface area contributed by atoms with Gasteiger partial charge < -0.3 is 20.1 Å². The normalized spacial score (nSPS) is 20.0. The zero-order valence-electron chi connectivity index (χ0n) is 15.6. The lowest BCUT2D eigenvalue weighted by Gasteiger charge is -2.39. The van der Waals surface area contributed by atoms with Gasteiger partial charge in [0.25, 0.3) is 5.91 Å². The fraction of sp³-hybridized carbons (Fsp3) is 0.381. The van der Waals surface area contributed by atoms with E-state index in [4.69, 9.17) is 16.3 Å². The number of rotatable bonds is 5. The van der Waals surface area contributed by atoms with Crippen LogP contribution in [0.3, 0.4) is 0 Å². The number of hydrogen-bond acceptors (Lipinski definition) is 5. The van der Waals surface area contributed by atoms with Crippen LogP contribution in [-0.4, -0.2) is 60.2 Å². The number of phenolic OH excluding ortho intramolecular Hbond substituents is 1. The molecule has 0 unspecified atom stereocenters. The number of carbonyl (C=O) groups excluding carboxylic acids is 1. The van der Waals surface area contributed by atoms with Crippen LogP contribution < -0.4 is 5.32 Å². The molecule has 2 heterocycles. The summed E-state index contributed by atoms with van der Waals surface area (Å²) in [5, 5.41) is 14.3. The molecule has 0 bridgehead atoms. The summed E-state index contributed by atoms with van der Waals surface area (Å²) >= 11 is 6.17. The summed E-state index contributed by atoms with van der Waals surface area (Å²) < 4.78 is 5.39. The van der Waals surface area contributed by atoms with E-state index in [-0.39, 0.29) is 11.7 Å². The van der Waals surface area contributed by atoms with Crippen molar-refractivity contribution in [3.63, 3.8) is 0 Å². The van der Waals surface area contributed by atoms with Gasteiger partial charge >= 0.3 is 0 Å². The third-order valence-electron chi connectivity index (χ3n) is 5.28. The second-order valence-electron chi connectivity index (χ2n) is 7.10. The molecule has 6 nitrogen and oxygen atoms in total. The standard InChI is InChI=1S/C21H24ClN3O3/c22-15-6-7-19(26)17(14-15)20-23-18-5-2-1-4-16(18)21(27)25(20)9-3-8-24-10-12-28-13-11-24/h1-2,4-7,14,20,23,26H,3,8-13H2/t20-/m1/s1. The number of ether oxygens (including phenoxy) is 1. The topological polar surface area (TPSA) is 65.0 Å². The van der Waals surface area contributed by atoms with Gasteiger partial charge in [-0.2, -0.15) is 0 Å². The first kappa shape index (κ1) is 19.1. The van der Waals surface area contributed by atoms with Crippen molar-refractivity contribution in [1.82, 2.24) is 9.80 Å². The summed E-state index contributed by atoms with van der Waals surface area (Å²) in [6.45, 7) is 4.85. The number of amides is 1. The Labute approximate surface area is 169 Å². The maximum atomic E-state index is 13.2. The number of anilines is 1. The second kappa shape index (κ2) is 8.39. The van der Waals surface area contributed by atoms with Crippen molar-refractivity contribution < 1.29 is 14.6 Å². The van der Waals surface area contributed by atoms with Crippen LogP contribution in [0, 0.1) is 0 Å². The molecule has 2 N–H and O–H groups in total. The average molecular weight is 402 g/mol. The van der Waals surface area contributed by atoms with E-state index in [1.165, 1.54) is 0 Å². The molecule has 2 aromatic rings. The average Bonchev–Trinajstić information content (AvgIpc) is 2.72. The first-order valence-corrected chi connectivity index (χ1v) is 9.96. The Bertz CT molecular complexity index is 855. The Morgan fingerprint density at radius 2 is 1.93 bits per heavy atom. The molecule has 0 aromatic heterocycles. The minimum atomic E-state index is -0.467. The molecule has 1 atom stereocenters. The number of hydrogen-bond donors (Lipinski definition) is 2. The zero-order valence-corrected chi connectivity index (χ0v) is 16.4. The molecule has 0 spiro atoms. The molecule has 148 valence electrons. The highest BCUT2D eigenvalue weighted by molar-refractivity contribution is 6.30. The lowest BCUT2D eigenvalue weighted by Crippen LogP contribution is -2.44. The third kappa shape index (κ3) is 3.94. The Kier molecular flexibility index (Phi) is 5.71. The number of phenols is 1. The lowest BCUT2D eigenvalue weighted by atomic mass is 10.0. The van der Waals surface area contributed by atoms with E-state index in [2.05, 4.69) is 10.2 Å². The molecule has 2 aromatic carbocycles. The third-order valence-corrected chi connectivity index (χ3v) is 5.52. The quantitative estimate of drug-likeness (QED) is 0.804. The molecule has 1 saturated heterocycles. The van der Waals surface area contributed by atoms with Crippen LogP contribution >= 0.6 is 11.6 Å². The van der Waals surface area contributed by atoms with E-state index in [1.807, 2.05) is 24.3 Å². The van der Waals surface area contributed by atoms with Crippen LogP contribution in [0.2, 0.25) is 5.02 Å². The minimum absolute atomic E-state index is 0.0410. The van der Waals surface area contributed by atoms with Crippen molar-refractivity contribution in [2.75, 3.05) is 44.7 Å². The number of halogens is 1. The van der Waals surface area contributed by atoms with E-state index in [0.29, 0.717) is 22.7 Å². The molecule has 7 heteroatoms. The van der Waals surface area contributed by atoms with Crippen LogP contribution in [0.25, 0.3) is 0 Å². The predicted octanol–water partition coefficient (Wildman–Crippen LogP) is 3.33. The molecule has 2 aliphatic heterocycles. The summed E-state index contributed by atoms with van der Waals surface area (Å²) in [6, 6.07) is 12.4. The molecule has 1 amide bonds. The largest absolute Gasteiger partial charge is 0.508 e. The molecular formula is C21H24ClN3O3. The highest BCUT2D eigenvalue weighted by atomic mass is 35.5. The van der Waals surface area contributed by atoms with Crippen molar-refractivity contribution in [2.45, 2.75) is 12.6 Å². The highest BCUT2D eigenvalue weighted by Gasteiger charge is 2.34. The van der Waals surface area contributed by atoms with Gasteiger partial charge in [-0.3, -0.25) is 9.69 Å².